The van der Waals surface area contributed by atoms with Crippen LogP contribution in [0.15, 0.2) is 48.5 Å². The number of anilines is 2. The summed E-state index contributed by atoms with van der Waals surface area (Å²) in [5, 5.41) is 2.53. The largest absolute Gasteiger partial charge is 0.491 e. The molecule has 0 saturated carbocycles. The number of hydrogen-bond donors (Lipinski definition) is 2. The highest BCUT2D eigenvalue weighted by atomic mass is 32.2. The van der Waals surface area contributed by atoms with E-state index in [0.717, 1.165) is 10.6 Å². The fourth-order valence-corrected chi connectivity index (χ4v) is 3.36. The van der Waals surface area contributed by atoms with Crippen molar-refractivity contribution in [3.8, 4) is 5.75 Å². The number of para-hydroxylation sites is 1. The second-order valence-electron chi connectivity index (χ2n) is 6.39. The number of benzene rings is 2. The number of rotatable bonds is 8. The Labute approximate surface area is 164 Å². The Morgan fingerprint density at radius 1 is 1.14 bits per heavy atom. The van der Waals surface area contributed by atoms with Crippen LogP contribution in [-0.2, 0) is 14.8 Å². The summed E-state index contributed by atoms with van der Waals surface area (Å²) >= 11 is 0. The highest BCUT2D eigenvalue weighted by Gasteiger charge is 2.22. The molecule has 0 heterocycles. The van der Waals surface area contributed by atoms with Gasteiger partial charge in [-0.25, -0.2) is 8.42 Å². The van der Waals surface area contributed by atoms with Crippen molar-refractivity contribution in [3.63, 3.8) is 0 Å². The van der Waals surface area contributed by atoms with Gasteiger partial charge in [0.15, 0.2) is 0 Å². The Hall–Kier alpha value is -3.07. The Balaban J connectivity index is 2.27. The predicted molar refractivity (Wildman–Crippen MR) is 108 cm³/mol. The van der Waals surface area contributed by atoms with Crippen LogP contribution < -0.4 is 20.1 Å². The fourth-order valence-electron chi connectivity index (χ4n) is 2.51. The zero-order valence-corrected chi connectivity index (χ0v) is 16.7. The minimum absolute atomic E-state index is 0.0875. The minimum Gasteiger partial charge on any atom is -0.491 e. The van der Waals surface area contributed by atoms with Crippen molar-refractivity contribution in [2.24, 2.45) is 5.73 Å². The smallest absolute Gasteiger partial charge is 0.250 e. The first-order chi connectivity index (χ1) is 13.1. The molecule has 3 N–H and O–H groups in total. The van der Waals surface area contributed by atoms with Crippen molar-refractivity contribution >= 4 is 33.2 Å². The van der Waals surface area contributed by atoms with Gasteiger partial charge in [-0.1, -0.05) is 18.2 Å². The number of nitrogens with one attached hydrogen (secondary N) is 1. The number of nitrogens with zero attached hydrogens (tertiary/aromatic N) is 1. The highest BCUT2D eigenvalue weighted by Crippen LogP contribution is 2.24. The van der Waals surface area contributed by atoms with Gasteiger partial charge in [-0.3, -0.25) is 13.9 Å². The molecule has 8 nitrogen and oxygen atoms in total. The van der Waals surface area contributed by atoms with Crippen molar-refractivity contribution in [1.82, 2.24) is 0 Å². The van der Waals surface area contributed by atoms with Crippen molar-refractivity contribution in [3.05, 3.63) is 54.1 Å². The summed E-state index contributed by atoms with van der Waals surface area (Å²) in [4.78, 5) is 24.0. The lowest BCUT2D eigenvalue weighted by atomic mass is 10.1. The number of sulfonamides is 1. The quantitative estimate of drug-likeness (QED) is 0.696. The second kappa shape index (κ2) is 8.75. The molecule has 2 rings (SSSR count). The Kier molecular flexibility index (Phi) is 6.63. The van der Waals surface area contributed by atoms with Crippen LogP contribution in [0.25, 0.3) is 0 Å². The number of primary amides is 1. The maximum atomic E-state index is 12.5. The molecule has 0 saturated heterocycles. The van der Waals surface area contributed by atoms with E-state index in [-0.39, 0.29) is 17.4 Å². The molecule has 9 heteroatoms. The fraction of sp³-hybridized carbons (Fsp3) is 0.263. The lowest BCUT2D eigenvalue weighted by molar-refractivity contribution is -0.114. The lowest BCUT2D eigenvalue weighted by Gasteiger charge is -2.23. The molecule has 0 bridgehead atoms. The van der Waals surface area contributed by atoms with Crippen molar-refractivity contribution in [1.29, 1.82) is 0 Å². The van der Waals surface area contributed by atoms with E-state index in [1.54, 1.807) is 36.4 Å². The summed E-state index contributed by atoms with van der Waals surface area (Å²) < 4.78 is 31.1. The molecular formula is C19H23N3O5S. The number of amides is 2. The first-order valence-corrected chi connectivity index (χ1v) is 10.4. The summed E-state index contributed by atoms with van der Waals surface area (Å²) in [6.45, 7) is 3.23. The highest BCUT2D eigenvalue weighted by molar-refractivity contribution is 7.92. The number of ether oxygens (including phenoxy) is 1. The molecule has 150 valence electrons. The maximum Gasteiger partial charge on any atom is 0.250 e. The van der Waals surface area contributed by atoms with Gasteiger partial charge >= 0.3 is 0 Å². The van der Waals surface area contributed by atoms with Gasteiger partial charge < -0.3 is 15.8 Å². The van der Waals surface area contributed by atoms with Crippen LogP contribution in [0.2, 0.25) is 0 Å². The molecule has 0 radical (unpaired) electrons. The second-order valence-corrected chi connectivity index (χ2v) is 8.30. The molecule has 2 aromatic carbocycles. The molecule has 0 spiro atoms. The van der Waals surface area contributed by atoms with E-state index in [0.29, 0.717) is 11.4 Å². The van der Waals surface area contributed by atoms with Gasteiger partial charge in [-0.2, -0.15) is 0 Å². The van der Waals surface area contributed by atoms with Crippen LogP contribution >= 0.6 is 0 Å². The zero-order chi connectivity index (χ0) is 20.9. The van der Waals surface area contributed by atoms with Crippen molar-refractivity contribution < 1.29 is 22.7 Å². The van der Waals surface area contributed by atoms with Crippen LogP contribution in [-0.4, -0.2) is 39.1 Å². The number of carbonyl (C=O) groups excluding carboxylic acids is 2. The van der Waals surface area contributed by atoms with Crippen LogP contribution in [0, 0.1) is 0 Å². The van der Waals surface area contributed by atoms with Gasteiger partial charge in [-0.05, 0) is 38.1 Å². The first kappa shape index (κ1) is 21.2. The summed E-state index contributed by atoms with van der Waals surface area (Å²) in [7, 11) is -3.75. The van der Waals surface area contributed by atoms with Crippen LogP contribution in [0.3, 0.4) is 0 Å². The third-order valence-electron chi connectivity index (χ3n) is 3.63. The summed E-state index contributed by atoms with van der Waals surface area (Å²) in [5.41, 5.74) is 5.94. The van der Waals surface area contributed by atoms with E-state index in [1.807, 2.05) is 13.8 Å². The molecule has 0 fully saturated rings. The number of nitrogens with two attached hydrogens (primary N) is 1. The zero-order valence-electron chi connectivity index (χ0n) is 15.9. The van der Waals surface area contributed by atoms with Crippen LogP contribution in [0.5, 0.6) is 5.75 Å². The lowest BCUT2D eigenvalue weighted by Crippen LogP contribution is -2.37. The molecule has 0 aliphatic rings. The van der Waals surface area contributed by atoms with E-state index in [1.165, 1.54) is 12.1 Å². The molecule has 0 aromatic heterocycles. The Morgan fingerprint density at radius 2 is 1.82 bits per heavy atom. The van der Waals surface area contributed by atoms with Crippen molar-refractivity contribution in [2.45, 2.75) is 20.0 Å². The summed E-state index contributed by atoms with van der Waals surface area (Å²) in [6, 6.07) is 12.7. The number of hydrogen-bond acceptors (Lipinski definition) is 5. The molecule has 0 atom stereocenters. The van der Waals surface area contributed by atoms with E-state index >= 15 is 0 Å². The van der Waals surface area contributed by atoms with E-state index < -0.39 is 28.4 Å². The normalized spacial score (nSPS) is 11.1. The topological polar surface area (TPSA) is 119 Å². The van der Waals surface area contributed by atoms with E-state index in [4.69, 9.17) is 10.5 Å². The molecule has 2 aromatic rings. The molecule has 2 amide bonds. The Bertz CT molecular complexity index is 973. The maximum absolute atomic E-state index is 12.5. The predicted octanol–water partition coefficient (Wildman–Crippen LogP) is 1.98. The first-order valence-electron chi connectivity index (χ1n) is 8.51. The average molecular weight is 405 g/mol. The molecule has 0 aliphatic heterocycles. The van der Waals surface area contributed by atoms with Gasteiger partial charge in [-0.15, -0.1) is 0 Å². The SMILES string of the molecule is CC(C)Oc1cccc(N(CC(=O)Nc2ccccc2C(N)=O)S(C)(=O)=O)c1. The molecular weight excluding hydrogens is 382 g/mol. The third kappa shape index (κ3) is 5.71. The number of carbonyl (C=O) groups is 2. The van der Waals surface area contributed by atoms with Gasteiger partial charge in [0.1, 0.15) is 12.3 Å². The van der Waals surface area contributed by atoms with Crippen LogP contribution in [0.4, 0.5) is 11.4 Å². The van der Waals surface area contributed by atoms with Crippen molar-refractivity contribution in [2.75, 3.05) is 22.4 Å². The summed E-state index contributed by atoms with van der Waals surface area (Å²) in [6.07, 6.45) is 0.920. The van der Waals surface area contributed by atoms with E-state index in [9.17, 15) is 18.0 Å². The monoisotopic (exact) mass is 405 g/mol. The third-order valence-corrected chi connectivity index (χ3v) is 4.77. The Morgan fingerprint density at radius 3 is 2.43 bits per heavy atom. The van der Waals surface area contributed by atoms with E-state index in [2.05, 4.69) is 5.32 Å². The van der Waals surface area contributed by atoms with Gasteiger partial charge in [0, 0.05) is 6.07 Å². The van der Waals surface area contributed by atoms with Crippen LogP contribution in [0.1, 0.15) is 24.2 Å². The standard InChI is InChI=1S/C19H23N3O5S/c1-13(2)27-15-8-6-7-14(11-15)22(28(3,25)26)12-18(23)21-17-10-5-4-9-16(17)19(20)24/h4-11,13H,12H2,1-3H3,(H2,20,24)(H,21,23). The van der Waals surface area contributed by atoms with Gasteiger partial charge in [0.2, 0.25) is 15.9 Å². The molecule has 0 aliphatic carbocycles. The van der Waals surface area contributed by atoms with Gasteiger partial charge in [0.05, 0.1) is 29.3 Å². The molecule has 28 heavy (non-hydrogen) atoms. The van der Waals surface area contributed by atoms with Gasteiger partial charge in [0.25, 0.3) is 5.91 Å². The molecule has 0 unspecified atom stereocenters. The average Bonchev–Trinajstić information content (AvgIpc) is 2.58. The summed E-state index contributed by atoms with van der Waals surface area (Å²) in [5.74, 6) is -0.829. The minimum atomic E-state index is -3.75.